The Morgan fingerprint density at radius 3 is 2.20 bits per heavy atom. The van der Waals surface area contributed by atoms with Crippen LogP contribution < -0.4 is 11.3 Å². The first kappa shape index (κ1) is 12.1. The van der Waals surface area contributed by atoms with Crippen molar-refractivity contribution in [1.29, 1.82) is 0 Å². The summed E-state index contributed by atoms with van der Waals surface area (Å²) in [5.74, 6) is 6.44. The molecule has 0 aliphatic rings. The monoisotopic (exact) mass is 266 g/mol. The Kier molecular flexibility index (Phi) is 3.21. The summed E-state index contributed by atoms with van der Waals surface area (Å²) in [7, 11) is 0. The van der Waals surface area contributed by atoms with Crippen LogP contribution in [0.1, 0.15) is 0 Å². The molecule has 98 valence electrons. The molecule has 0 saturated carbocycles. The number of aromatic nitrogens is 6. The van der Waals surface area contributed by atoms with Crippen LogP contribution in [-0.2, 0) is 0 Å². The first-order valence-electron chi connectivity index (χ1n) is 5.75. The molecule has 0 saturated heterocycles. The molecule has 0 fully saturated rings. The highest BCUT2D eigenvalue weighted by molar-refractivity contribution is 5.72. The highest BCUT2D eigenvalue weighted by Gasteiger charge is 2.11. The Bertz CT molecular complexity index is 701. The van der Waals surface area contributed by atoms with Crippen LogP contribution in [-0.4, -0.2) is 29.9 Å². The average molecular weight is 266 g/mol. The van der Waals surface area contributed by atoms with E-state index >= 15 is 0 Å². The SMILES string of the molecule is NNc1nc(-c2ccncn2)ncc1-c1ccncn1. The fourth-order valence-electron chi connectivity index (χ4n) is 1.68. The van der Waals surface area contributed by atoms with Crippen molar-refractivity contribution < 1.29 is 0 Å². The molecule has 3 aromatic rings. The summed E-state index contributed by atoms with van der Waals surface area (Å²) < 4.78 is 0. The maximum absolute atomic E-state index is 5.52. The van der Waals surface area contributed by atoms with Crippen LogP contribution in [0.2, 0.25) is 0 Å². The van der Waals surface area contributed by atoms with Gasteiger partial charge in [0.1, 0.15) is 18.3 Å². The Hall–Kier alpha value is -3.00. The van der Waals surface area contributed by atoms with Crippen LogP contribution in [0.25, 0.3) is 22.8 Å². The lowest BCUT2D eigenvalue weighted by atomic mass is 10.2. The number of nitrogens with one attached hydrogen (secondary N) is 1. The molecule has 3 heterocycles. The minimum absolute atomic E-state index is 0.457. The average Bonchev–Trinajstić information content (AvgIpc) is 2.56. The van der Waals surface area contributed by atoms with E-state index in [1.54, 1.807) is 30.7 Å². The van der Waals surface area contributed by atoms with E-state index in [1.165, 1.54) is 12.7 Å². The predicted octanol–water partition coefficient (Wildman–Crippen LogP) is 0.676. The fourth-order valence-corrected chi connectivity index (χ4v) is 1.68. The van der Waals surface area contributed by atoms with Crippen molar-refractivity contribution in [3.05, 3.63) is 43.4 Å². The molecular weight excluding hydrogens is 256 g/mol. The van der Waals surface area contributed by atoms with Crippen molar-refractivity contribution in [3.8, 4) is 22.8 Å². The third-order valence-corrected chi connectivity index (χ3v) is 2.59. The van der Waals surface area contributed by atoms with Crippen molar-refractivity contribution >= 4 is 5.82 Å². The van der Waals surface area contributed by atoms with Gasteiger partial charge in [-0.1, -0.05) is 0 Å². The zero-order valence-corrected chi connectivity index (χ0v) is 10.3. The summed E-state index contributed by atoms with van der Waals surface area (Å²) in [6.07, 6.45) is 7.79. The van der Waals surface area contributed by atoms with Gasteiger partial charge in [-0.15, -0.1) is 0 Å². The number of hydrogen-bond donors (Lipinski definition) is 2. The van der Waals surface area contributed by atoms with Crippen molar-refractivity contribution in [2.75, 3.05) is 5.43 Å². The summed E-state index contributed by atoms with van der Waals surface area (Å²) in [4.78, 5) is 24.6. The molecule has 3 aromatic heterocycles. The van der Waals surface area contributed by atoms with Gasteiger partial charge in [0.25, 0.3) is 0 Å². The van der Waals surface area contributed by atoms with Crippen molar-refractivity contribution in [1.82, 2.24) is 29.9 Å². The summed E-state index contributed by atoms with van der Waals surface area (Å²) in [6, 6.07) is 3.48. The summed E-state index contributed by atoms with van der Waals surface area (Å²) in [5.41, 5.74) is 4.54. The number of nitrogens with two attached hydrogens (primary N) is 1. The van der Waals surface area contributed by atoms with Crippen LogP contribution in [0, 0.1) is 0 Å². The molecule has 0 spiro atoms. The Balaban J connectivity index is 2.07. The Morgan fingerprint density at radius 1 is 0.900 bits per heavy atom. The lowest BCUT2D eigenvalue weighted by Gasteiger charge is -2.08. The fraction of sp³-hybridized carbons (Fsp3) is 0. The molecule has 0 aliphatic carbocycles. The molecule has 3 rings (SSSR count). The van der Waals surface area contributed by atoms with E-state index in [0.29, 0.717) is 28.6 Å². The normalized spacial score (nSPS) is 10.2. The number of rotatable bonds is 3. The second kappa shape index (κ2) is 5.33. The van der Waals surface area contributed by atoms with Gasteiger partial charge in [0, 0.05) is 18.6 Å². The molecule has 3 N–H and O–H groups in total. The molecule has 8 nitrogen and oxygen atoms in total. The molecule has 0 bridgehead atoms. The van der Waals surface area contributed by atoms with E-state index in [0.717, 1.165) is 0 Å². The van der Waals surface area contributed by atoms with E-state index in [2.05, 4.69) is 35.3 Å². The number of nitrogen functional groups attached to an aromatic ring is 1. The van der Waals surface area contributed by atoms with E-state index in [-0.39, 0.29) is 0 Å². The van der Waals surface area contributed by atoms with Crippen LogP contribution in [0.5, 0.6) is 0 Å². The smallest absolute Gasteiger partial charge is 0.180 e. The van der Waals surface area contributed by atoms with Crippen molar-refractivity contribution in [2.45, 2.75) is 0 Å². The topological polar surface area (TPSA) is 115 Å². The molecule has 20 heavy (non-hydrogen) atoms. The second-order valence-electron chi connectivity index (χ2n) is 3.79. The van der Waals surface area contributed by atoms with Gasteiger partial charge in [0.15, 0.2) is 11.6 Å². The largest absolute Gasteiger partial charge is 0.308 e. The summed E-state index contributed by atoms with van der Waals surface area (Å²) in [6.45, 7) is 0. The molecule has 0 aliphatic heterocycles. The molecule has 0 unspecified atom stereocenters. The molecule has 0 atom stereocenters. The lowest BCUT2D eigenvalue weighted by molar-refractivity contribution is 1.09. The van der Waals surface area contributed by atoms with Crippen LogP contribution in [0.3, 0.4) is 0 Å². The van der Waals surface area contributed by atoms with E-state index in [4.69, 9.17) is 5.84 Å². The van der Waals surface area contributed by atoms with E-state index < -0.39 is 0 Å². The van der Waals surface area contributed by atoms with Crippen LogP contribution in [0.15, 0.2) is 43.4 Å². The van der Waals surface area contributed by atoms with E-state index in [9.17, 15) is 0 Å². The maximum atomic E-state index is 5.52. The maximum Gasteiger partial charge on any atom is 0.180 e. The first-order chi connectivity index (χ1) is 9.88. The van der Waals surface area contributed by atoms with Gasteiger partial charge in [0.2, 0.25) is 0 Å². The number of hydrogen-bond acceptors (Lipinski definition) is 8. The van der Waals surface area contributed by atoms with Gasteiger partial charge >= 0.3 is 0 Å². The minimum atomic E-state index is 0.457. The standard InChI is InChI=1S/C12H10N8/c13-20-11-8(9-1-3-14-6-17-9)5-16-12(19-11)10-2-4-15-7-18-10/h1-7H,13H2,(H,16,19,20). The molecule has 8 heteroatoms. The van der Waals surface area contributed by atoms with Gasteiger partial charge in [0.05, 0.1) is 11.3 Å². The number of hydrazine groups is 1. The molecular formula is C12H10N8. The third-order valence-electron chi connectivity index (χ3n) is 2.59. The lowest BCUT2D eigenvalue weighted by Crippen LogP contribution is -2.11. The van der Waals surface area contributed by atoms with E-state index in [1.807, 2.05) is 0 Å². The number of nitrogens with zero attached hydrogens (tertiary/aromatic N) is 6. The Morgan fingerprint density at radius 2 is 1.60 bits per heavy atom. The first-order valence-corrected chi connectivity index (χ1v) is 5.75. The second-order valence-corrected chi connectivity index (χ2v) is 3.79. The van der Waals surface area contributed by atoms with Crippen LogP contribution >= 0.6 is 0 Å². The summed E-state index contributed by atoms with van der Waals surface area (Å²) in [5, 5.41) is 0. The highest BCUT2D eigenvalue weighted by atomic mass is 15.3. The predicted molar refractivity (Wildman–Crippen MR) is 71.9 cm³/mol. The highest BCUT2D eigenvalue weighted by Crippen LogP contribution is 2.24. The zero-order chi connectivity index (χ0) is 13.8. The van der Waals surface area contributed by atoms with Gasteiger partial charge in [-0.3, -0.25) is 0 Å². The summed E-state index contributed by atoms with van der Waals surface area (Å²) >= 11 is 0. The van der Waals surface area contributed by atoms with Gasteiger partial charge in [-0.2, -0.15) is 0 Å². The Labute approximate surface area is 114 Å². The zero-order valence-electron chi connectivity index (χ0n) is 10.3. The van der Waals surface area contributed by atoms with Crippen molar-refractivity contribution in [2.24, 2.45) is 5.84 Å². The number of anilines is 1. The van der Waals surface area contributed by atoms with Crippen molar-refractivity contribution in [3.63, 3.8) is 0 Å². The van der Waals surface area contributed by atoms with Gasteiger partial charge < -0.3 is 5.43 Å². The molecule has 0 amide bonds. The van der Waals surface area contributed by atoms with Gasteiger partial charge in [-0.05, 0) is 12.1 Å². The molecule has 0 aromatic carbocycles. The minimum Gasteiger partial charge on any atom is -0.308 e. The molecule has 0 radical (unpaired) electrons. The van der Waals surface area contributed by atoms with Crippen LogP contribution in [0.4, 0.5) is 5.82 Å². The third kappa shape index (κ3) is 2.27. The quantitative estimate of drug-likeness (QED) is 0.525. The van der Waals surface area contributed by atoms with Gasteiger partial charge in [-0.25, -0.2) is 35.7 Å².